The number of ether oxygens (including phenoxy) is 1. The Morgan fingerprint density at radius 2 is 1.47 bits per heavy atom. The number of para-hydroxylation sites is 1. The maximum Gasteiger partial charge on any atom is 0.264 e. The average Bonchev–Trinajstić information content (AvgIpc) is 3.10. The normalized spacial score (nSPS) is 14.2. The zero-order valence-electron chi connectivity index (χ0n) is 26.4. The highest BCUT2D eigenvalue weighted by Gasteiger charge is 2.35. The van der Waals surface area contributed by atoms with Crippen LogP contribution in [0.15, 0.2) is 114 Å². The molecule has 0 aromatic heterocycles. The number of carbonyl (C=O) groups excluding carboxylic acids is 2. The third-order valence-corrected chi connectivity index (χ3v) is 10.6. The molecule has 5 rings (SSSR count). The van der Waals surface area contributed by atoms with E-state index < -0.39 is 28.5 Å². The lowest BCUT2D eigenvalue weighted by Gasteiger charge is -2.35. The monoisotopic (exact) mass is 673 g/mol. The molecule has 10 heteroatoms. The van der Waals surface area contributed by atoms with Gasteiger partial charge in [0.05, 0.1) is 17.7 Å². The number of benzene rings is 4. The molecule has 8 nitrogen and oxygen atoms in total. The Morgan fingerprint density at radius 3 is 2.11 bits per heavy atom. The van der Waals surface area contributed by atoms with E-state index in [1.807, 2.05) is 42.5 Å². The summed E-state index contributed by atoms with van der Waals surface area (Å²) < 4.78 is 34.7. The molecule has 0 spiro atoms. The highest BCUT2D eigenvalue weighted by molar-refractivity contribution is 7.92. The van der Waals surface area contributed by atoms with E-state index in [4.69, 9.17) is 16.3 Å². The fourth-order valence-corrected chi connectivity index (χ4v) is 7.52. The van der Waals surface area contributed by atoms with Crippen molar-refractivity contribution in [3.63, 3.8) is 0 Å². The number of methoxy groups -OCH3 is 1. The highest BCUT2D eigenvalue weighted by Crippen LogP contribution is 2.27. The first-order valence-corrected chi connectivity index (χ1v) is 17.7. The number of nitrogens with one attached hydrogen (secondary N) is 1. The van der Waals surface area contributed by atoms with E-state index in [2.05, 4.69) is 5.32 Å². The summed E-state index contributed by atoms with van der Waals surface area (Å²) in [7, 11) is -2.71. The molecule has 1 aliphatic rings. The number of amides is 2. The van der Waals surface area contributed by atoms with Gasteiger partial charge in [-0.1, -0.05) is 97.6 Å². The first-order chi connectivity index (χ1) is 22.8. The number of carbonyl (C=O) groups is 2. The molecular weight excluding hydrogens is 634 g/mol. The van der Waals surface area contributed by atoms with Gasteiger partial charge in [0.25, 0.3) is 10.0 Å². The van der Waals surface area contributed by atoms with E-state index in [1.165, 1.54) is 24.1 Å². The molecule has 47 heavy (non-hydrogen) atoms. The SMILES string of the molecule is COc1ccc(S(=O)(=O)N(CC(=O)N(Cc2ccccc2Cl)[C@H](Cc2ccccc2)C(=O)NC2CCCCC2)c2ccccc2)cc1. The predicted octanol–water partition coefficient (Wildman–Crippen LogP) is 6.63. The van der Waals surface area contributed by atoms with Gasteiger partial charge in [0.15, 0.2) is 0 Å². The standard InChI is InChI=1S/C37H40ClN3O5S/c1-46-32-21-23-33(24-22-32)47(44,45)41(31-18-9-4-10-19-31)27-36(42)40(26-29-15-11-12-20-34(29)38)35(25-28-13-5-2-6-14-28)37(43)39-30-16-7-3-8-17-30/h2,4-6,9-15,18-24,30,35H,3,7-8,16-17,25-27H2,1H3,(H,39,43)/t35-/m1/s1. The molecule has 4 aromatic carbocycles. The number of rotatable bonds is 13. The molecule has 0 saturated heterocycles. The lowest BCUT2D eigenvalue weighted by molar-refractivity contribution is -0.140. The van der Waals surface area contributed by atoms with Crippen LogP contribution >= 0.6 is 11.6 Å². The van der Waals surface area contributed by atoms with Gasteiger partial charge in [-0.05, 0) is 66.4 Å². The van der Waals surface area contributed by atoms with Crippen LogP contribution in [0.4, 0.5) is 5.69 Å². The second-order valence-corrected chi connectivity index (χ2v) is 14.0. The molecular formula is C37H40ClN3O5S. The van der Waals surface area contributed by atoms with Crippen LogP contribution in [-0.4, -0.2) is 50.9 Å². The summed E-state index contributed by atoms with van der Waals surface area (Å²) in [5.41, 5.74) is 1.84. The molecule has 0 bridgehead atoms. The Bertz CT molecular complexity index is 1730. The molecule has 1 saturated carbocycles. The number of hydrogen-bond acceptors (Lipinski definition) is 5. The Kier molecular flexibility index (Phi) is 11.6. The molecule has 246 valence electrons. The average molecular weight is 674 g/mol. The van der Waals surface area contributed by atoms with E-state index in [0.29, 0.717) is 22.0 Å². The Balaban J connectivity index is 1.55. The van der Waals surface area contributed by atoms with Crippen molar-refractivity contribution in [2.24, 2.45) is 0 Å². The van der Waals surface area contributed by atoms with Gasteiger partial charge in [-0.3, -0.25) is 13.9 Å². The molecule has 1 fully saturated rings. The summed E-state index contributed by atoms with van der Waals surface area (Å²) in [5.74, 6) is -0.305. The van der Waals surface area contributed by atoms with Crippen LogP contribution in [0, 0.1) is 0 Å². The summed E-state index contributed by atoms with van der Waals surface area (Å²) in [6, 6.07) is 30.3. The minimum atomic E-state index is -4.21. The summed E-state index contributed by atoms with van der Waals surface area (Å²) in [4.78, 5) is 30.3. The van der Waals surface area contributed by atoms with Crippen molar-refractivity contribution in [2.75, 3.05) is 18.0 Å². The summed E-state index contributed by atoms with van der Waals surface area (Å²) in [5, 5.41) is 3.66. The molecule has 0 radical (unpaired) electrons. The molecule has 1 atom stereocenters. The number of nitrogens with zero attached hydrogens (tertiary/aromatic N) is 2. The third kappa shape index (κ3) is 8.73. The third-order valence-electron chi connectivity index (χ3n) is 8.49. The van der Waals surface area contributed by atoms with Crippen molar-refractivity contribution in [2.45, 2.75) is 62.0 Å². The van der Waals surface area contributed by atoms with Crippen molar-refractivity contribution >= 4 is 39.1 Å². The Hall–Kier alpha value is -4.34. The van der Waals surface area contributed by atoms with Crippen LogP contribution < -0.4 is 14.4 Å². The maximum absolute atomic E-state index is 14.6. The van der Waals surface area contributed by atoms with Crippen LogP contribution in [0.3, 0.4) is 0 Å². The van der Waals surface area contributed by atoms with E-state index in [9.17, 15) is 18.0 Å². The van der Waals surface area contributed by atoms with Crippen molar-refractivity contribution in [1.29, 1.82) is 0 Å². The molecule has 0 unspecified atom stereocenters. The highest BCUT2D eigenvalue weighted by atomic mass is 35.5. The molecule has 0 heterocycles. The Labute approximate surface area is 282 Å². The van der Waals surface area contributed by atoms with Gasteiger partial charge < -0.3 is 15.0 Å². The van der Waals surface area contributed by atoms with E-state index in [0.717, 1.165) is 42.0 Å². The lowest BCUT2D eigenvalue weighted by Crippen LogP contribution is -2.55. The number of halogens is 1. The number of sulfonamides is 1. The van der Waals surface area contributed by atoms with Crippen LogP contribution in [0.25, 0.3) is 0 Å². The Morgan fingerprint density at radius 1 is 0.851 bits per heavy atom. The van der Waals surface area contributed by atoms with Gasteiger partial charge in [-0.25, -0.2) is 8.42 Å². The number of anilines is 1. The predicted molar refractivity (Wildman–Crippen MR) is 185 cm³/mol. The lowest BCUT2D eigenvalue weighted by atomic mass is 9.94. The van der Waals surface area contributed by atoms with Crippen molar-refractivity contribution in [3.05, 3.63) is 125 Å². The maximum atomic E-state index is 14.6. The summed E-state index contributed by atoms with van der Waals surface area (Å²) in [6.07, 6.45) is 5.20. The largest absolute Gasteiger partial charge is 0.497 e. The minimum Gasteiger partial charge on any atom is -0.497 e. The zero-order chi connectivity index (χ0) is 33.2. The first-order valence-electron chi connectivity index (χ1n) is 15.9. The van der Waals surface area contributed by atoms with Gasteiger partial charge in [0, 0.05) is 24.0 Å². The van der Waals surface area contributed by atoms with Crippen LogP contribution in [-0.2, 0) is 32.6 Å². The quantitative estimate of drug-likeness (QED) is 0.172. The van der Waals surface area contributed by atoms with Gasteiger partial charge in [0.1, 0.15) is 18.3 Å². The molecule has 1 aliphatic carbocycles. The smallest absolute Gasteiger partial charge is 0.264 e. The van der Waals surface area contributed by atoms with Crippen LogP contribution in [0.5, 0.6) is 5.75 Å². The van der Waals surface area contributed by atoms with Crippen LogP contribution in [0.1, 0.15) is 43.2 Å². The van der Waals surface area contributed by atoms with Crippen molar-refractivity contribution < 1.29 is 22.7 Å². The van der Waals surface area contributed by atoms with Crippen molar-refractivity contribution in [1.82, 2.24) is 10.2 Å². The van der Waals surface area contributed by atoms with Gasteiger partial charge >= 0.3 is 0 Å². The number of hydrogen-bond donors (Lipinski definition) is 1. The first kappa shape index (κ1) is 34.0. The van der Waals surface area contributed by atoms with Gasteiger partial charge in [-0.15, -0.1) is 0 Å². The fraction of sp³-hybridized carbons (Fsp3) is 0.297. The zero-order valence-corrected chi connectivity index (χ0v) is 28.0. The summed E-state index contributed by atoms with van der Waals surface area (Å²) >= 11 is 6.60. The molecule has 1 N–H and O–H groups in total. The fourth-order valence-electron chi connectivity index (χ4n) is 5.91. The van der Waals surface area contributed by atoms with Crippen molar-refractivity contribution in [3.8, 4) is 5.75 Å². The van der Waals surface area contributed by atoms with Gasteiger partial charge in [0.2, 0.25) is 11.8 Å². The molecule has 2 amide bonds. The van der Waals surface area contributed by atoms with Gasteiger partial charge in [-0.2, -0.15) is 0 Å². The second kappa shape index (κ2) is 16.0. The second-order valence-electron chi connectivity index (χ2n) is 11.7. The summed E-state index contributed by atoms with van der Waals surface area (Å²) in [6.45, 7) is -0.524. The van der Waals surface area contributed by atoms with E-state index in [-0.39, 0.29) is 29.8 Å². The van der Waals surface area contributed by atoms with E-state index >= 15 is 0 Å². The van der Waals surface area contributed by atoms with E-state index in [1.54, 1.807) is 54.6 Å². The minimum absolute atomic E-state index is 0.00323. The topological polar surface area (TPSA) is 96.0 Å². The molecule has 4 aromatic rings. The van der Waals surface area contributed by atoms with Crippen LogP contribution in [0.2, 0.25) is 5.02 Å². The molecule has 0 aliphatic heterocycles.